The third-order valence-electron chi connectivity index (χ3n) is 2.28. The standard InChI is InChI=1S/C10H7ClN6/c11-8-14-9(12)16-10(15-8)17-7-4-2-1-3-6(7)5-13-17/h1-5H,(H2,12,14,15,16). The molecule has 3 rings (SSSR count). The zero-order valence-electron chi connectivity index (χ0n) is 8.58. The molecule has 0 fully saturated rings. The Morgan fingerprint density at radius 1 is 1.12 bits per heavy atom. The predicted molar refractivity (Wildman–Crippen MR) is 63.9 cm³/mol. The Balaban J connectivity index is 2.27. The van der Waals surface area contributed by atoms with Gasteiger partial charge >= 0.3 is 0 Å². The van der Waals surface area contributed by atoms with Gasteiger partial charge in [0.05, 0.1) is 11.7 Å². The monoisotopic (exact) mass is 246 g/mol. The van der Waals surface area contributed by atoms with Gasteiger partial charge in [0.1, 0.15) is 0 Å². The van der Waals surface area contributed by atoms with E-state index in [4.69, 9.17) is 17.3 Å². The predicted octanol–water partition coefficient (Wildman–Crippen LogP) is 1.45. The summed E-state index contributed by atoms with van der Waals surface area (Å²) < 4.78 is 1.57. The Labute approximate surface area is 101 Å². The fraction of sp³-hybridized carbons (Fsp3) is 0. The molecule has 84 valence electrons. The summed E-state index contributed by atoms with van der Waals surface area (Å²) in [5.74, 6) is 0.378. The number of fused-ring (bicyclic) bond motifs is 1. The van der Waals surface area contributed by atoms with Crippen LogP contribution in [-0.4, -0.2) is 24.7 Å². The smallest absolute Gasteiger partial charge is 0.257 e. The molecule has 0 saturated heterocycles. The van der Waals surface area contributed by atoms with Crippen LogP contribution in [0.3, 0.4) is 0 Å². The Kier molecular flexibility index (Phi) is 2.15. The van der Waals surface area contributed by atoms with Crippen molar-refractivity contribution in [3.63, 3.8) is 0 Å². The van der Waals surface area contributed by atoms with Crippen molar-refractivity contribution in [2.24, 2.45) is 0 Å². The number of para-hydroxylation sites is 1. The van der Waals surface area contributed by atoms with Crippen molar-refractivity contribution in [2.45, 2.75) is 0 Å². The number of hydrogen-bond donors (Lipinski definition) is 1. The van der Waals surface area contributed by atoms with Gasteiger partial charge in [-0.2, -0.15) is 24.7 Å². The molecule has 2 N–H and O–H groups in total. The molecule has 2 heterocycles. The molecule has 1 aromatic carbocycles. The maximum Gasteiger partial charge on any atom is 0.257 e. The van der Waals surface area contributed by atoms with Crippen LogP contribution in [0, 0.1) is 0 Å². The normalized spacial score (nSPS) is 10.9. The second-order valence-corrected chi connectivity index (χ2v) is 3.72. The molecule has 0 saturated carbocycles. The molecule has 0 amide bonds. The van der Waals surface area contributed by atoms with Crippen molar-refractivity contribution in [1.29, 1.82) is 0 Å². The van der Waals surface area contributed by atoms with Crippen LogP contribution < -0.4 is 5.73 Å². The van der Waals surface area contributed by atoms with Gasteiger partial charge in [-0.3, -0.25) is 0 Å². The van der Waals surface area contributed by atoms with Crippen LogP contribution in [0.4, 0.5) is 5.95 Å². The minimum Gasteiger partial charge on any atom is -0.368 e. The molecular weight excluding hydrogens is 240 g/mol. The second-order valence-electron chi connectivity index (χ2n) is 3.38. The zero-order valence-corrected chi connectivity index (χ0v) is 9.33. The first-order valence-corrected chi connectivity index (χ1v) is 5.22. The number of anilines is 1. The van der Waals surface area contributed by atoms with Gasteiger partial charge in [-0.15, -0.1) is 0 Å². The summed E-state index contributed by atoms with van der Waals surface area (Å²) in [5.41, 5.74) is 6.41. The molecule has 0 aliphatic heterocycles. The number of hydrogen-bond acceptors (Lipinski definition) is 5. The first-order valence-electron chi connectivity index (χ1n) is 4.84. The molecule has 2 aromatic heterocycles. The first kappa shape index (κ1) is 9.98. The number of aromatic nitrogens is 5. The molecule has 0 unspecified atom stereocenters. The Hall–Kier alpha value is -2.21. The van der Waals surface area contributed by atoms with Crippen molar-refractivity contribution >= 4 is 28.5 Å². The van der Waals surface area contributed by atoms with E-state index in [1.54, 1.807) is 10.9 Å². The van der Waals surface area contributed by atoms with E-state index in [0.717, 1.165) is 10.9 Å². The highest BCUT2D eigenvalue weighted by atomic mass is 35.5. The second kappa shape index (κ2) is 3.67. The van der Waals surface area contributed by atoms with Crippen LogP contribution in [0.15, 0.2) is 30.5 Å². The van der Waals surface area contributed by atoms with E-state index in [0.29, 0.717) is 5.95 Å². The van der Waals surface area contributed by atoms with E-state index >= 15 is 0 Å². The molecule has 0 aliphatic rings. The highest BCUT2D eigenvalue weighted by Crippen LogP contribution is 2.16. The lowest BCUT2D eigenvalue weighted by molar-refractivity contribution is 0.822. The summed E-state index contributed by atoms with van der Waals surface area (Å²) in [6.45, 7) is 0. The van der Waals surface area contributed by atoms with Gasteiger partial charge in [0.25, 0.3) is 5.95 Å². The van der Waals surface area contributed by atoms with Crippen molar-refractivity contribution in [3.05, 3.63) is 35.7 Å². The largest absolute Gasteiger partial charge is 0.368 e. The zero-order chi connectivity index (χ0) is 11.8. The third-order valence-corrected chi connectivity index (χ3v) is 2.45. The molecule has 7 heteroatoms. The molecule has 3 aromatic rings. The van der Waals surface area contributed by atoms with E-state index in [1.165, 1.54) is 0 Å². The van der Waals surface area contributed by atoms with E-state index < -0.39 is 0 Å². The van der Waals surface area contributed by atoms with Crippen LogP contribution in [0.1, 0.15) is 0 Å². The first-order chi connectivity index (χ1) is 8.24. The van der Waals surface area contributed by atoms with Gasteiger partial charge in [0.15, 0.2) is 0 Å². The van der Waals surface area contributed by atoms with Gasteiger partial charge in [0.2, 0.25) is 11.2 Å². The van der Waals surface area contributed by atoms with Crippen LogP contribution in [0.25, 0.3) is 16.9 Å². The van der Waals surface area contributed by atoms with Crippen molar-refractivity contribution in [1.82, 2.24) is 24.7 Å². The minimum atomic E-state index is 0.0482. The molecule has 0 aliphatic carbocycles. The van der Waals surface area contributed by atoms with Gasteiger partial charge < -0.3 is 5.73 Å². The molecule has 0 radical (unpaired) electrons. The highest BCUT2D eigenvalue weighted by molar-refractivity contribution is 6.28. The van der Waals surface area contributed by atoms with E-state index in [1.807, 2.05) is 24.3 Å². The van der Waals surface area contributed by atoms with Crippen LogP contribution in [0.2, 0.25) is 5.28 Å². The van der Waals surface area contributed by atoms with Crippen molar-refractivity contribution in [3.8, 4) is 5.95 Å². The molecule has 6 nitrogen and oxygen atoms in total. The number of halogens is 1. The molecule has 0 bridgehead atoms. The van der Waals surface area contributed by atoms with Gasteiger partial charge in [0, 0.05) is 5.39 Å². The van der Waals surface area contributed by atoms with Crippen LogP contribution >= 0.6 is 11.6 Å². The number of benzene rings is 1. The highest BCUT2D eigenvalue weighted by Gasteiger charge is 2.09. The Bertz CT molecular complexity index is 672. The summed E-state index contributed by atoms with van der Waals surface area (Å²) in [5, 5.41) is 5.23. The van der Waals surface area contributed by atoms with Crippen molar-refractivity contribution < 1.29 is 0 Å². The lowest BCUT2D eigenvalue weighted by Gasteiger charge is -2.02. The third kappa shape index (κ3) is 1.68. The number of nitrogens with two attached hydrogens (primary N) is 1. The van der Waals surface area contributed by atoms with Gasteiger partial charge in [-0.25, -0.2) is 0 Å². The summed E-state index contributed by atoms with van der Waals surface area (Å²) in [4.78, 5) is 11.7. The fourth-order valence-corrected chi connectivity index (χ4v) is 1.74. The number of rotatable bonds is 1. The SMILES string of the molecule is Nc1nc(Cl)nc(-n2ncc3ccccc32)n1. The molecule has 17 heavy (non-hydrogen) atoms. The van der Waals surface area contributed by atoms with E-state index in [-0.39, 0.29) is 11.2 Å². The summed E-state index contributed by atoms with van der Waals surface area (Å²) in [7, 11) is 0. The molecule has 0 atom stereocenters. The van der Waals surface area contributed by atoms with Gasteiger partial charge in [-0.05, 0) is 17.7 Å². The quantitative estimate of drug-likeness (QED) is 0.703. The molecular formula is C10H7ClN6. The lowest BCUT2D eigenvalue weighted by atomic mass is 10.3. The Morgan fingerprint density at radius 2 is 1.94 bits per heavy atom. The van der Waals surface area contributed by atoms with Crippen LogP contribution in [-0.2, 0) is 0 Å². The minimum absolute atomic E-state index is 0.0482. The summed E-state index contributed by atoms with van der Waals surface area (Å²) in [6.07, 6.45) is 1.73. The van der Waals surface area contributed by atoms with Crippen LogP contribution in [0.5, 0.6) is 0 Å². The number of nitrogens with zero attached hydrogens (tertiary/aromatic N) is 5. The number of nitrogen functional groups attached to an aromatic ring is 1. The van der Waals surface area contributed by atoms with E-state index in [9.17, 15) is 0 Å². The topological polar surface area (TPSA) is 82.5 Å². The maximum atomic E-state index is 5.73. The summed E-state index contributed by atoms with van der Waals surface area (Å²) in [6, 6.07) is 7.71. The van der Waals surface area contributed by atoms with Gasteiger partial charge in [-0.1, -0.05) is 18.2 Å². The lowest BCUT2D eigenvalue weighted by Crippen LogP contribution is -2.07. The average Bonchev–Trinajstić information content (AvgIpc) is 2.71. The average molecular weight is 247 g/mol. The van der Waals surface area contributed by atoms with E-state index in [2.05, 4.69) is 20.1 Å². The Morgan fingerprint density at radius 3 is 2.76 bits per heavy atom. The maximum absolute atomic E-state index is 5.73. The molecule has 0 spiro atoms. The fourth-order valence-electron chi connectivity index (χ4n) is 1.58. The summed E-state index contributed by atoms with van der Waals surface area (Å²) >= 11 is 5.73. The van der Waals surface area contributed by atoms with Crippen molar-refractivity contribution in [2.75, 3.05) is 5.73 Å².